The van der Waals surface area contributed by atoms with E-state index in [0.29, 0.717) is 6.54 Å². The van der Waals surface area contributed by atoms with Gasteiger partial charge in [0.2, 0.25) is 0 Å². The maximum atomic E-state index is 13.0. The van der Waals surface area contributed by atoms with Gasteiger partial charge in [0.1, 0.15) is 4.75 Å². The average Bonchev–Trinajstić information content (AvgIpc) is 2.77. The van der Waals surface area contributed by atoms with E-state index in [0.717, 1.165) is 47.5 Å². The van der Waals surface area contributed by atoms with Crippen molar-refractivity contribution in [1.82, 2.24) is 4.90 Å². The van der Waals surface area contributed by atoms with Crippen LogP contribution in [0.15, 0.2) is 53.4 Å². The molecule has 0 aliphatic rings. The topological polar surface area (TPSA) is 69.6 Å². The monoisotopic (exact) mass is 470 g/mol. The summed E-state index contributed by atoms with van der Waals surface area (Å²) in [5, 5.41) is 12.4. The number of aliphatic carboxylic acids is 1. The van der Waals surface area contributed by atoms with Crippen LogP contribution in [0.4, 0.5) is 10.5 Å². The Morgan fingerprint density at radius 3 is 2.36 bits per heavy atom. The van der Waals surface area contributed by atoms with E-state index in [1.54, 1.807) is 13.8 Å². The lowest BCUT2D eigenvalue weighted by Crippen LogP contribution is -2.37. The van der Waals surface area contributed by atoms with Gasteiger partial charge in [-0.1, -0.05) is 62.4 Å². The number of aryl methyl sites for hydroxylation is 1. The van der Waals surface area contributed by atoms with E-state index < -0.39 is 10.7 Å². The Morgan fingerprint density at radius 2 is 1.70 bits per heavy atom. The number of amides is 2. The highest BCUT2D eigenvalue weighted by molar-refractivity contribution is 8.01. The standard InChI is InChI=1S/C27H38N2O3S/c1-5-6-7-8-9-18-29(26(32)28-23-15-13-21(2)14-16-23)19-17-22-11-10-12-24(20-22)33-27(3,4)25(30)31/h10-16,20H,5-9,17-19H2,1-4H3,(H,28,32)(H,30,31). The molecule has 2 N–H and O–H groups in total. The minimum atomic E-state index is -0.892. The third-order valence-corrected chi connectivity index (χ3v) is 6.75. The van der Waals surface area contributed by atoms with Gasteiger partial charge in [0, 0.05) is 23.7 Å². The Hall–Kier alpha value is -2.47. The molecule has 0 saturated heterocycles. The lowest BCUT2D eigenvalue weighted by molar-refractivity contribution is -0.138. The van der Waals surface area contributed by atoms with E-state index in [1.807, 2.05) is 60.4 Å². The second-order valence-electron chi connectivity index (χ2n) is 9.01. The first-order chi connectivity index (χ1) is 15.7. The molecule has 0 bridgehead atoms. The van der Waals surface area contributed by atoms with Gasteiger partial charge < -0.3 is 15.3 Å². The second kappa shape index (κ2) is 13.3. The Bertz CT molecular complexity index is 896. The van der Waals surface area contributed by atoms with Gasteiger partial charge in [0.15, 0.2) is 0 Å². The Kier molecular flexibility index (Phi) is 10.8. The van der Waals surface area contributed by atoms with Crippen molar-refractivity contribution in [3.8, 4) is 0 Å². The minimum absolute atomic E-state index is 0.0770. The van der Waals surface area contributed by atoms with E-state index in [4.69, 9.17) is 0 Å². The second-order valence-corrected chi connectivity index (χ2v) is 10.7. The van der Waals surface area contributed by atoms with Gasteiger partial charge in [0.25, 0.3) is 0 Å². The number of benzene rings is 2. The zero-order valence-electron chi connectivity index (χ0n) is 20.4. The number of hydrogen-bond acceptors (Lipinski definition) is 3. The first-order valence-electron chi connectivity index (χ1n) is 11.8. The molecule has 2 rings (SSSR count). The Labute approximate surface area is 203 Å². The zero-order valence-corrected chi connectivity index (χ0v) is 21.2. The number of unbranched alkanes of at least 4 members (excludes halogenated alkanes) is 4. The lowest BCUT2D eigenvalue weighted by atomic mass is 10.1. The lowest BCUT2D eigenvalue weighted by Gasteiger charge is -2.24. The summed E-state index contributed by atoms with van der Waals surface area (Å²) in [6.07, 6.45) is 6.46. The van der Waals surface area contributed by atoms with Gasteiger partial charge in [-0.2, -0.15) is 0 Å². The molecule has 2 amide bonds. The predicted molar refractivity (Wildman–Crippen MR) is 138 cm³/mol. The first kappa shape index (κ1) is 26.8. The summed E-state index contributed by atoms with van der Waals surface area (Å²) in [5.74, 6) is -0.833. The highest BCUT2D eigenvalue weighted by Crippen LogP contribution is 2.33. The van der Waals surface area contributed by atoms with Crippen LogP contribution < -0.4 is 5.32 Å². The molecule has 5 nitrogen and oxygen atoms in total. The number of rotatable bonds is 13. The summed E-state index contributed by atoms with van der Waals surface area (Å²) in [4.78, 5) is 27.3. The van der Waals surface area contributed by atoms with Crippen molar-refractivity contribution < 1.29 is 14.7 Å². The maximum absolute atomic E-state index is 13.0. The fourth-order valence-corrected chi connectivity index (χ4v) is 4.46. The smallest absolute Gasteiger partial charge is 0.321 e. The molecule has 0 aromatic heterocycles. The molecule has 6 heteroatoms. The third kappa shape index (κ3) is 9.50. The number of nitrogens with zero attached hydrogens (tertiary/aromatic N) is 1. The number of hydrogen-bond donors (Lipinski definition) is 2. The van der Waals surface area contributed by atoms with Gasteiger partial charge >= 0.3 is 12.0 Å². The van der Waals surface area contributed by atoms with E-state index in [-0.39, 0.29) is 6.03 Å². The highest BCUT2D eigenvalue weighted by atomic mass is 32.2. The Balaban J connectivity index is 2.02. The number of thioether (sulfide) groups is 1. The molecule has 180 valence electrons. The fourth-order valence-electron chi connectivity index (χ4n) is 3.43. The molecule has 0 aliphatic heterocycles. The summed E-state index contributed by atoms with van der Waals surface area (Å²) in [7, 11) is 0. The molecule has 0 saturated carbocycles. The summed E-state index contributed by atoms with van der Waals surface area (Å²) in [5.41, 5.74) is 3.06. The summed E-state index contributed by atoms with van der Waals surface area (Å²) >= 11 is 1.34. The summed E-state index contributed by atoms with van der Waals surface area (Å²) in [6.45, 7) is 8.98. The maximum Gasteiger partial charge on any atom is 0.321 e. The number of carboxylic acid groups (broad SMARTS) is 1. The van der Waals surface area contributed by atoms with Crippen LogP contribution in [0.25, 0.3) is 0 Å². The number of carbonyl (C=O) groups is 2. The molecular formula is C27H38N2O3S. The van der Waals surface area contributed by atoms with Gasteiger partial charge in [-0.25, -0.2) is 4.79 Å². The molecule has 0 atom stereocenters. The summed E-state index contributed by atoms with van der Waals surface area (Å²) in [6, 6.07) is 15.7. The van der Waals surface area contributed by atoms with Crippen LogP contribution in [0.1, 0.15) is 64.0 Å². The first-order valence-corrected chi connectivity index (χ1v) is 12.7. The minimum Gasteiger partial charge on any atom is -0.480 e. The Morgan fingerprint density at radius 1 is 1.00 bits per heavy atom. The number of urea groups is 1. The van der Waals surface area contributed by atoms with E-state index in [9.17, 15) is 14.7 Å². The molecule has 0 heterocycles. The predicted octanol–water partition coefficient (Wildman–Crippen LogP) is 7.00. The normalized spacial score (nSPS) is 11.3. The van der Waals surface area contributed by atoms with Crippen LogP contribution in [-0.4, -0.2) is 39.8 Å². The van der Waals surface area contributed by atoms with Gasteiger partial charge in [-0.3, -0.25) is 4.79 Å². The van der Waals surface area contributed by atoms with Crippen molar-refractivity contribution in [3.63, 3.8) is 0 Å². The molecule has 33 heavy (non-hydrogen) atoms. The van der Waals surface area contributed by atoms with Crippen LogP contribution in [-0.2, 0) is 11.2 Å². The van der Waals surface area contributed by atoms with Crippen molar-refractivity contribution in [2.75, 3.05) is 18.4 Å². The summed E-state index contributed by atoms with van der Waals surface area (Å²) < 4.78 is -0.892. The number of carboxylic acids is 1. The molecule has 0 fully saturated rings. The molecule has 0 radical (unpaired) electrons. The zero-order chi connectivity index (χ0) is 24.3. The molecule has 0 aliphatic carbocycles. The number of carbonyl (C=O) groups excluding carboxylic acids is 1. The SMILES string of the molecule is CCCCCCCN(CCc1cccc(SC(C)(C)C(=O)O)c1)C(=O)Nc1ccc(C)cc1. The highest BCUT2D eigenvalue weighted by Gasteiger charge is 2.28. The van der Waals surface area contributed by atoms with Gasteiger partial charge in [0.05, 0.1) is 0 Å². The van der Waals surface area contributed by atoms with Gasteiger partial charge in [-0.15, -0.1) is 11.8 Å². The van der Waals surface area contributed by atoms with Crippen molar-refractivity contribution in [2.45, 2.75) is 75.9 Å². The fraction of sp³-hybridized carbons (Fsp3) is 0.481. The molecule has 2 aromatic rings. The van der Waals surface area contributed by atoms with Crippen LogP contribution >= 0.6 is 11.8 Å². The van der Waals surface area contributed by atoms with Crippen molar-refractivity contribution >= 4 is 29.4 Å². The quantitative estimate of drug-likeness (QED) is 0.244. The largest absolute Gasteiger partial charge is 0.480 e. The van der Waals surface area contributed by atoms with Crippen molar-refractivity contribution in [3.05, 3.63) is 59.7 Å². The van der Waals surface area contributed by atoms with Crippen LogP contribution in [0, 0.1) is 6.92 Å². The molecule has 0 spiro atoms. The van der Waals surface area contributed by atoms with Crippen LogP contribution in [0.5, 0.6) is 0 Å². The third-order valence-electron chi connectivity index (χ3n) is 5.58. The van der Waals surface area contributed by atoms with E-state index >= 15 is 0 Å². The number of anilines is 1. The number of nitrogens with one attached hydrogen (secondary N) is 1. The average molecular weight is 471 g/mol. The van der Waals surface area contributed by atoms with Crippen LogP contribution in [0.3, 0.4) is 0 Å². The van der Waals surface area contributed by atoms with Gasteiger partial charge in [-0.05, 0) is 63.4 Å². The van der Waals surface area contributed by atoms with Crippen molar-refractivity contribution in [2.24, 2.45) is 0 Å². The van der Waals surface area contributed by atoms with Crippen LogP contribution in [0.2, 0.25) is 0 Å². The molecule has 2 aromatic carbocycles. The van der Waals surface area contributed by atoms with Crippen molar-refractivity contribution in [1.29, 1.82) is 0 Å². The molecule has 0 unspecified atom stereocenters. The van der Waals surface area contributed by atoms with E-state index in [1.165, 1.54) is 31.0 Å². The van der Waals surface area contributed by atoms with E-state index in [2.05, 4.69) is 12.2 Å². The molecular weight excluding hydrogens is 432 g/mol.